The van der Waals surface area contributed by atoms with E-state index in [-0.39, 0.29) is 11.8 Å². The zero-order chi connectivity index (χ0) is 11.5. The summed E-state index contributed by atoms with van der Waals surface area (Å²) in [4.78, 5) is 24.9. The van der Waals surface area contributed by atoms with Crippen molar-refractivity contribution in [2.45, 2.75) is 0 Å². The first-order valence-corrected chi connectivity index (χ1v) is 5.60. The van der Waals surface area contributed by atoms with Crippen LogP contribution >= 0.6 is 12.6 Å². The Morgan fingerprint density at radius 1 is 1.06 bits per heavy atom. The number of carbonyl (C=O) groups is 2. The van der Waals surface area contributed by atoms with Crippen molar-refractivity contribution in [2.75, 3.05) is 12.3 Å². The number of benzene rings is 1. The molecule has 2 rings (SSSR count). The number of amides is 2. The average molecular weight is 233 g/mol. The normalized spacial score (nSPS) is 14.9. The predicted octanol–water partition coefficient (Wildman–Crippen LogP) is 1.77. The maximum Gasteiger partial charge on any atom is 0.261 e. The van der Waals surface area contributed by atoms with Gasteiger partial charge in [0, 0.05) is 12.3 Å². The van der Waals surface area contributed by atoms with Crippen LogP contribution in [0.15, 0.2) is 36.4 Å². The Morgan fingerprint density at radius 3 is 2.12 bits per heavy atom. The van der Waals surface area contributed by atoms with Crippen LogP contribution in [0.4, 0.5) is 0 Å². The Kier molecular flexibility index (Phi) is 3.10. The number of imide groups is 1. The smallest absolute Gasteiger partial charge is 0.261 e. The molecule has 0 saturated heterocycles. The standard InChI is InChI=1S/C12H11NO2S/c14-11-9-5-1-2-6-10(9)12(15)13(11)7-3-4-8-16/h1-6,16H,7-8H2. The van der Waals surface area contributed by atoms with Gasteiger partial charge >= 0.3 is 0 Å². The fourth-order valence-electron chi connectivity index (χ4n) is 1.66. The van der Waals surface area contributed by atoms with E-state index in [2.05, 4.69) is 12.6 Å². The molecule has 0 radical (unpaired) electrons. The Labute approximate surface area is 99.2 Å². The Hall–Kier alpha value is -1.55. The molecule has 2 amide bonds. The van der Waals surface area contributed by atoms with Gasteiger partial charge < -0.3 is 0 Å². The van der Waals surface area contributed by atoms with E-state index in [0.29, 0.717) is 23.4 Å². The van der Waals surface area contributed by atoms with Gasteiger partial charge in [-0.2, -0.15) is 12.6 Å². The average Bonchev–Trinajstić information content (AvgIpc) is 2.55. The highest BCUT2D eigenvalue weighted by molar-refractivity contribution is 7.80. The molecule has 0 unspecified atom stereocenters. The molecule has 4 heteroatoms. The molecule has 0 atom stereocenters. The summed E-state index contributed by atoms with van der Waals surface area (Å²) in [5, 5.41) is 0. The lowest BCUT2D eigenvalue weighted by molar-refractivity contribution is 0.0672. The first-order valence-electron chi connectivity index (χ1n) is 4.97. The first-order chi connectivity index (χ1) is 7.75. The SMILES string of the molecule is O=C1c2ccccc2C(=O)N1CC=CCS. The summed E-state index contributed by atoms with van der Waals surface area (Å²) in [7, 11) is 0. The topological polar surface area (TPSA) is 37.4 Å². The monoisotopic (exact) mass is 233 g/mol. The summed E-state index contributed by atoms with van der Waals surface area (Å²) < 4.78 is 0. The fourth-order valence-corrected chi connectivity index (χ4v) is 1.81. The van der Waals surface area contributed by atoms with E-state index >= 15 is 0 Å². The number of hydrogen-bond donors (Lipinski definition) is 1. The van der Waals surface area contributed by atoms with Crippen molar-refractivity contribution in [1.82, 2.24) is 4.90 Å². The van der Waals surface area contributed by atoms with E-state index in [0.717, 1.165) is 0 Å². The van der Waals surface area contributed by atoms with E-state index in [1.54, 1.807) is 30.3 Å². The molecule has 16 heavy (non-hydrogen) atoms. The van der Waals surface area contributed by atoms with Gasteiger partial charge in [0.2, 0.25) is 0 Å². The van der Waals surface area contributed by atoms with Crippen molar-refractivity contribution in [3.63, 3.8) is 0 Å². The second-order valence-electron chi connectivity index (χ2n) is 3.42. The van der Waals surface area contributed by atoms with Crippen LogP contribution in [-0.4, -0.2) is 29.0 Å². The van der Waals surface area contributed by atoms with Crippen molar-refractivity contribution < 1.29 is 9.59 Å². The van der Waals surface area contributed by atoms with Crippen molar-refractivity contribution in [1.29, 1.82) is 0 Å². The fraction of sp³-hybridized carbons (Fsp3) is 0.167. The van der Waals surface area contributed by atoms with Gasteiger partial charge in [0.15, 0.2) is 0 Å². The molecule has 3 nitrogen and oxygen atoms in total. The molecular weight excluding hydrogens is 222 g/mol. The van der Waals surface area contributed by atoms with Gasteiger partial charge in [-0.05, 0) is 12.1 Å². The zero-order valence-corrected chi connectivity index (χ0v) is 9.48. The quantitative estimate of drug-likeness (QED) is 0.491. The molecule has 1 aromatic rings. The number of nitrogens with zero attached hydrogens (tertiary/aromatic N) is 1. The second-order valence-corrected chi connectivity index (χ2v) is 3.79. The molecule has 0 spiro atoms. The van der Waals surface area contributed by atoms with E-state index in [9.17, 15) is 9.59 Å². The van der Waals surface area contributed by atoms with Gasteiger partial charge in [0.25, 0.3) is 11.8 Å². The van der Waals surface area contributed by atoms with E-state index in [1.165, 1.54) is 4.90 Å². The minimum Gasteiger partial charge on any atom is -0.270 e. The largest absolute Gasteiger partial charge is 0.270 e. The van der Waals surface area contributed by atoms with E-state index in [1.807, 2.05) is 6.08 Å². The molecule has 0 fully saturated rings. The Bertz CT molecular complexity index is 433. The highest BCUT2D eigenvalue weighted by atomic mass is 32.1. The van der Waals surface area contributed by atoms with Crippen LogP contribution in [0.3, 0.4) is 0 Å². The van der Waals surface area contributed by atoms with Crippen LogP contribution in [0.25, 0.3) is 0 Å². The van der Waals surface area contributed by atoms with Crippen molar-refractivity contribution in [3.05, 3.63) is 47.5 Å². The summed E-state index contributed by atoms with van der Waals surface area (Å²) in [6, 6.07) is 6.88. The minimum atomic E-state index is -0.218. The van der Waals surface area contributed by atoms with Gasteiger partial charge in [-0.3, -0.25) is 14.5 Å². The van der Waals surface area contributed by atoms with Crippen molar-refractivity contribution in [3.8, 4) is 0 Å². The molecule has 0 aliphatic carbocycles. The van der Waals surface area contributed by atoms with Crippen LogP contribution in [-0.2, 0) is 0 Å². The number of fused-ring (bicyclic) bond motifs is 1. The highest BCUT2D eigenvalue weighted by Gasteiger charge is 2.33. The third kappa shape index (κ3) is 1.76. The molecular formula is C12H11NO2S. The zero-order valence-electron chi connectivity index (χ0n) is 8.59. The maximum atomic E-state index is 11.9. The van der Waals surface area contributed by atoms with Crippen LogP contribution in [0.1, 0.15) is 20.7 Å². The lowest BCUT2D eigenvalue weighted by Crippen LogP contribution is -2.29. The number of rotatable bonds is 3. The van der Waals surface area contributed by atoms with Crippen LogP contribution in [0, 0.1) is 0 Å². The Morgan fingerprint density at radius 2 is 1.62 bits per heavy atom. The molecule has 1 aromatic carbocycles. The van der Waals surface area contributed by atoms with Crippen LogP contribution < -0.4 is 0 Å². The summed E-state index contributed by atoms with van der Waals surface area (Å²) in [6.45, 7) is 0.312. The lowest BCUT2D eigenvalue weighted by Gasteiger charge is -2.09. The van der Waals surface area contributed by atoms with Crippen LogP contribution in [0.2, 0.25) is 0 Å². The summed E-state index contributed by atoms with van der Waals surface area (Å²) in [6.07, 6.45) is 3.58. The molecule has 1 aliphatic heterocycles. The summed E-state index contributed by atoms with van der Waals surface area (Å²) in [5.74, 6) is 0.164. The third-order valence-electron chi connectivity index (χ3n) is 2.44. The van der Waals surface area contributed by atoms with E-state index < -0.39 is 0 Å². The maximum absolute atomic E-state index is 11.9. The number of hydrogen-bond acceptors (Lipinski definition) is 3. The Balaban J connectivity index is 2.25. The number of carbonyl (C=O) groups excluding carboxylic acids is 2. The van der Waals surface area contributed by atoms with Gasteiger partial charge in [0.1, 0.15) is 0 Å². The van der Waals surface area contributed by atoms with Crippen molar-refractivity contribution >= 4 is 24.4 Å². The van der Waals surface area contributed by atoms with Gasteiger partial charge in [0.05, 0.1) is 11.1 Å². The third-order valence-corrected chi connectivity index (χ3v) is 2.65. The van der Waals surface area contributed by atoms with Gasteiger partial charge in [-0.1, -0.05) is 24.3 Å². The molecule has 0 N–H and O–H groups in total. The number of thiol groups is 1. The molecule has 0 bridgehead atoms. The molecule has 0 aromatic heterocycles. The van der Waals surface area contributed by atoms with Crippen LogP contribution in [0.5, 0.6) is 0 Å². The van der Waals surface area contributed by atoms with Gasteiger partial charge in [-0.15, -0.1) is 0 Å². The molecule has 1 aliphatic rings. The van der Waals surface area contributed by atoms with Crippen molar-refractivity contribution in [2.24, 2.45) is 0 Å². The summed E-state index contributed by atoms with van der Waals surface area (Å²) in [5.41, 5.74) is 0.985. The van der Waals surface area contributed by atoms with E-state index in [4.69, 9.17) is 0 Å². The molecule has 0 saturated carbocycles. The molecule has 82 valence electrons. The van der Waals surface area contributed by atoms with Gasteiger partial charge in [-0.25, -0.2) is 0 Å². The summed E-state index contributed by atoms with van der Waals surface area (Å²) >= 11 is 4.02. The lowest BCUT2D eigenvalue weighted by atomic mass is 10.1. The highest BCUT2D eigenvalue weighted by Crippen LogP contribution is 2.21. The first kappa shape index (κ1) is 11.0. The molecule has 1 heterocycles. The predicted molar refractivity (Wildman–Crippen MR) is 64.8 cm³/mol. The second kappa shape index (κ2) is 4.53. The minimum absolute atomic E-state index is 0.218.